The third kappa shape index (κ3) is 6.51. The summed E-state index contributed by atoms with van der Waals surface area (Å²) < 4.78 is 17.0. The molecule has 0 saturated carbocycles. The van der Waals surface area contributed by atoms with Gasteiger partial charge in [-0.25, -0.2) is 0 Å². The van der Waals surface area contributed by atoms with Gasteiger partial charge in [0, 0.05) is 24.7 Å². The fraction of sp³-hybridized carbons (Fsp3) is 0.259. The summed E-state index contributed by atoms with van der Waals surface area (Å²) >= 11 is 0. The van der Waals surface area contributed by atoms with Crippen LogP contribution in [0.4, 0.5) is 11.4 Å². The summed E-state index contributed by atoms with van der Waals surface area (Å²) in [4.78, 5) is 26.4. The summed E-state index contributed by atoms with van der Waals surface area (Å²) in [6.45, 7) is 1.47. The van der Waals surface area contributed by atoms with Crippen LogP contribution in [0.25, 0.3) is 0 Å². The largest absolute Gasteiger partial charge is 0.494 e. The fourth-order valence-corrected chi connectivity index (χ4v) is 3.62. The first-order valence-electron chi connectivity index (χ1n) is 11.4. The summed E-state index contributed by atoms with van der Waals surface area (Å²) in [6.07, 6.45) is 1.63. The van der Waals surface area contributed by atoms with Crippen molar-refractivity contribution in [3.63, 3.8) is 0 Å². The number of nitrogens with one attached hydrogen (secondary N) is 1. The predicted molar refractivity (Wildman–Crippen MR) is 131 cm³/mol. The van der Waals surface area contributed by atoms with Crippen molar-refractivity contribution in [3.8, 4) is 17.2 Å². The average Bonchev–Trinajstić information content (AvgIpc) is 2.87. The second kappa shape index (κ2) is 11.7. The minimum atomic E-state index is -0.0987. The Morgan fingerprint density at radius 3 is 2.21 bits per heavy atom. The zero-order valence-electron chi connectivity index (χ0n) is 18.9. The molecule has 34 heavy (non-hydrogen) atoms. The molecule has 0 spiro atoms. The molecule has 7 heteroatoms. The molecule has 7 nitrogen and oxygen atoms in total. The van der Waals surface area contributed by atoms with E-state index in [4.69, 9.17) is 14.2 Å². The number of carbonyl (C=O) groups excluding carboxylic acids is 2. The van der Waals surface area contributed by atoms with Gasteiger partial charge in [0.25, 0.3) is 5.91 Å². The molecule has 1 aliphatic rings. The normalized spacial score (nSPS) is 12.5. The second-order valence-electron chi connectivity index (χ2n) is 7.84. The van der Waals surface area contributed by atoms with Crippen LogP contribution in [0.15, 0.2) is 78.9 Å². The first-order chi connectivity index (χ1) is 16.7. The van der Waals surface area contributed by atoms with Crippen LogP contribution >= 0.6 is 0 Å². The number of rotatable bonds is 11. The van der Waals surface area contributed by atoms with Gasteiger partial charge in [0.2, 0.25) is 5.91 Å². The number of ether oxygens (including phenoxy) is 3. The quantitative estimate of drug-likeness (QED) is 0.421. The molecule has 3 aromatic carbocycles. The number of nitrogens with zero attached hydrogens (tertiary/aromatic N) is 1. The van der Waals surface area contributed by atoms with Crippen molar-refractivity contribution >= 4 is 23.2 Å². The van der Waals surface area contributed by atoms with Crippen LogP contribution in [0.5, 0.6) is 17.2 Å². The smallest absolute Gasteiger partial charge is 0.265 e. The van der Waals surface area contributed by atoms with Gasteiger partial charge in [-0.1, -0.05) is 36.4 Å². The topological polar surface area (TPSA) is 77.1 Å². The Morgan fingerprint density at radius 1 is 0.882 bits per heavy atom. The van der Waals surface area contributed by atoms with Crippen LogP contribution in [0.2, 0.25) is 0 Å². The summed E-state index contributed by atoms with van der Waals surface area (Å²) in [5.74, 6) is 1.98. The summed E-state index contributed by atoms with van der Waals surface area (Å²) in [6, 6.07) is 24.5. The number of hydrogen-bond acceptors (Lipinski definition) is 5. The predicted octanol–water partition coefficient (Wildman–Crippen LogP) is 4.68. The van der Waals surface area contributed by atoms with Crippen molar-refractivity contribution in [1.82, 2.24) is 0 Å². The highest BCUT2D eigenvalue weighted by Gasteiger charge is 2.25. The molecule has 3 aromatic rings. The maximum atomic E-state index is 12.4. The number of para-hydroxylation sites is 2. The van der Waals surface area contributed by atoms with E-state index in [0.717, 1.165) is 11.5 Å². The Hall–Kier alpha value is -4.00. The van der Waals surface area contributed by atoms with Gasteiger partial charge in [0.1, 0.15) is 17.2 Å². The van der Waals surface area contributed by atoms with Crippen molar-refractivity contribution in [1.29, 1.82) is 0 Å². The molecule has 0 aliphatic carbocycles. The average molecular weight is 461 g/mol. The zero-order chi connectivity index (χ0) is 23.6. The van der Waals surface area contributed by atoms with Crippen LogP contribution in [0.1, 0.15) is 19.3 Å². The van der Waals surface area contributed by atoms with E-state index in [-0.39, 0.29) is 18.4 Å². The van der Waals surface area contributed by atoms with E-state index in [1.165, 1.54) is 0 Å². The number of amides is 2. The lowest BCUT2D eigenvalue weighted by atomic mass is 10.2. The number of hydrogen-bond donors (Lipinski definition) is 1. The summed E-state index contributed by atoms with van der Waals surface area (Å²) in [5, 5.41) is 2.89. The number of fused-ring (bicyclic) bond motifs is 1. The van der Waals surface area contributed by atoms with E-state index in [9.17, 15) is 9.59 Å². The first kappa shape index (κ1) is 23.2. The fourth-order valence-electron chi connectivity index (χ4n) is 3.62. The van der Waals surface area contributed by atoms with E-state index in [1.54, 1.807) is 23.1 Å². The van der Waals surface area contributed by atoms with Gasteiger partial charge in [0.15, 0.2) is 6.61 Å². The summed E-state index contributed by atoms with van der Waals surface area (Å²) in [5.41, 5.74) is 1.33. The molecule has 0 unspecified atom stereocenters. The minimum absolute atomic E-state index is 0.0270. The van der Waals surface area contributed by atoms with Crippen molar-refractivity contribution < 1.29 is 23.8 Å². The molecule has 1 heterocycles. The molecule has 2 amide bonds. The van der Waals surface area contributed by atoms with Crippen LogP contribution < -0.4 is 24.4 Å². The van der Waals surface area contributed by atoms with Crippen molar-refractivity contribution in [3.05, 3.63) is 78.9 Å². The highest BCUT2D eigenvalue weighted by molar-refractivity contribution is 5.99. The van der Waals surface area contributed by atoms with Crippen LogP contribution in [0.3, 0.4) is 0 Å². The Kier molecular flexibility index (Phi) is 8.00. The molecule has 0 fully saturated rings. The maximum Gasteiger partial charge on any atom is 0.265 e. The van der Waals surface area contributed by atoms with Crippen molar-refractivity contribution in [2.75, 3.05) is 36.6 Å². The third-order valence-electron chi connectivity index (χ3n) is 5.28. The second-order valence-corrected chi connectivity index (χ2v) is 7.84. The van der Waals surface area contributed by atoms with E-state index in [0.29, 0.717) is 56.1 Å². The van der Waals surface area contributed by atoms with Crippen LogP contribution in [-0.2, 0) is 9.59 Å². The van der Waals surface area contributed by atoms with E-state index < -0.39 is 0 Å². The molecule has 1 N–H and O–H groups in total. The van der Waals surface area contributed by atoms with Gasteiger partial charge in [-0.15, -0.1) is 0 Å². The monoisotopic (exact) mass is 460 g/mol. The molecular weight excluding hydrogens is 432 g/mol. The van der Waals surface area contributed by atoms with Crippen molar-refractivity contribution in [2.24, 2.45) is 0 Å². The van der Waals surface area contributed by atoms with Gasteiger partial charge in [-0.2, -0.15) is 0 Å². The molecule has 0 radical (unpaired) electrons. The summed E-state index contributed by atoms with van der Waals surface area (Å²) in [7, 11) is 0. The van der Waals surface area contributed by atoms with Gasteiger partial charge in [-0.3, -0.25) is 9.59 Å². The minimum Gasteiger partial charge on any atom is -0.494 e. The third-order valence-corrected chi connectivity index (χ3v) is 5.28. The SMILES string of the molecule is O=C(CCCOc1ccccc1)Nc1ccc2c(c1)OCC(=O)N2CCCOc1ccccc1. The van der Waals surface area contributed by atoms with Crippen molar-refractivity contribution in [2.45, 2.75) is 19.3 Å². The van der Waals surface area contributed by atoms with E-state index in [1.807, 2.05) is 60.7 Å². The van der Waals surface area contributed by atoms with E-state index >= 15 is 0 Å². The molecule has 176 valence electrons. The Morgan fingerprint density at radius 2 is 1.53 bits per heavy atom. The molecular formula is C27H28N2O5. The Balaban J connectivity index is 1.25. The lowest BCUT2D eigenvalue weighted by molar-refractivity contribution is -0.121. The molecule has 1 aliphatic heterocycles. The number of carbonyl (C=O) groups is 2. The molecule has 4 rings (SSSR count). The van der Waals surface area contributed by atoms with Gasteiger partial charge in [-0.05, 0) is 49.2 Å². The zero-order valence-corrected chi connectivity index (χ0v) is 18.9. The van der Waals surface area contributed by atoms with Gasteiger partial charge >= 0.3 is 0 Å². The number of anilines is 2. The molecule has 0 saturated heterocycles. The van der Waals surface area contributed by atoms with Crippen LogP contribution in [-0.4, -0.2) is 38.2 Å². The highest BCUT2D eigenvalue weighted by atomic mass is 16.5. The lowest BCUT2D eigenvalue weighted by Gasteiger charge is -2.29. The molecule has 0 bridgehead atoms. The van der Waals surface area contributed by atoms with Gasteiger partial charge in [0.05, 0.1) is 18.9 Å². The number of benzene rings is 3. The molecule has 0 aromatic heterocycles. The standard InChI is InChI=1S/C27H28N2O5/c30-26(13-7-17-32-22-9-3-1-4-10-22)28-21-14-15-24-25(19-21)34-20-27(31)29(24)16-8-18-33-23-11-5-2-6-12-23/h1-6,9-12,14-15,19H,7-8,13,16-18,20H2,(H,28,30). The van der Waals surface area contributed by atoms with Crippen LogP contribution in [0, 0.1) is 0 Å². The highest BCUT2D eigenvalue weighted by Crippen LogP contribution is 2.34. The van der Waals surface area contributed by atoms with Gasteiger partial charge < -0.3 is 24.4 Å². The van der Waals surface area contributed by atoms with E-state index in [2.05, 4.69) is 5.32 Å². The Bertz CT molecular complexity index is 1090. The molecule has 0 atom stereocenters. The Labute approximate surface area is 199 Å². The lowest BCUT2D eigenvalue weighted by Crippen LogP contribution is -2.39. The first-order valence-corrected chi connectivity index (χ1v) is 11.4. The maximum absolute atomic E-state index is 12.4.